The molecule has 1 aliphatic carbocycles. The monoisotopic (exact) mass is 382 g/mol. The van der Waals surface area contributed by atoms with Gasteiger partial charge in [0, 0.05) is 23.5 Å². The van der Waals surface area contributed by atoms with Crippen LogP contribution in [-0.4, -0.2) is 23.7 Å². The van der Waals surface area contributed by atoms with Gasteiger partial charge in [0.05, 0.1) is 5.56 Å². The number of rotatable bonds is 5. The third kappa shape index (κ3) is 3.38. The zero-order valence-electron chi connectivity index (χ0n) is 16.9. The molecule has 0 radical (unpaired) electrons. The zero-order valence-corrected chi connectivity index (χ0v) is 16.9. The Morgan fingerprint density at radius 3 is 2.54 bits per heavy atom. The van der Waals surface area contributed by atoms with Gasteiger partial charge in [0.2, 0.25) is 0 Å². The van der Waals surface area contributed by atoms with Gasteiger partial charge in [-0.3, -0.25) is 4.79 Å². The van der Waals surface area contributed by atoms with Crippen LogP contribution in [0.15, 0.2) is 18.2 Å². The van der Waals surface area contributed by atoms with Crippen molar-refractivity contribution in [2.24, 2.45) is 11.7 Å². The maximum atomic E-state index is 12.4. The Bertz CT molecular complexity index is 878. The number of primary amides is 1. The van der Waals surface area contributed by atoms with Crippen LogP contribution in [0.4, 0.5) is 0 Å². The van der Waals surface area contributed by atoms with E-state index in [4.69, 9.17) is 15.2 Å². The first-order valence-corrected chi connectivity index (χ1v) is 10.5. The second-order valence-corrected chi connectivity index (χ2v) is 7.97. The minimum absolute atomic E-state index is 0.362. The first kappa shape index (κ1) is 18.9. The molecule has 0 spiro atoms. The zero-order chi connectivity index (χ0) is 19.7. The Balaban J connectivity index is 1.81. The lowest BCUT2D eigenvalue weighted by Crippen LogP contribution is -2.17. The molecule has 1 saturated carbocycles. The molecule has 2 heterocycles. The van der Waals surface area contributed by atoms with Gasteiger partial charge in [0.25, 0.3) is 5.91 Å². The van der Waals surface area contributed by atoms with E-state index in [1.807, 2.05) is 25.1 Å². The van der Waals surface area contributed by atoms with Crippen molar-refractivity contribution in [3.05, 3.63) is 35.2 Å². The van der Waals surface area contributed by atoms with Crippen LogP contribution in [0.2, 0.25) is 0 Å². The molecule has 0 saturated heterocycles. The summed E-state index contributed by atoms with van der Waals surface area (Å²) < 4.78 is 13.8. The Kier molecular flexibility index (Phi) is 5.33. The van der Waals surface area contributed by atoms with Gasteiger partial charge in [-0.05, 0) is 49.8 Å². The average Bonchev–Trinajstić information content (AvgIpc) is 3.00. The molecule has 28 heavy (non-hydrogen) atoms. The molecule has 1 aromatic heterocycles. The molecule has 1 fully saturated rings. The van der Waals surface area contributed by atoms with Gasteiger partial charge in [-0.15, -0.1) is 0 Å². The molecule has 0 bridgehead atoms. The molecule has 150 valence electrons. The number of nitrogens with zero attached hydrogens (tertiary/aromatic N) is 1. The fraction of sp³-hybridized carbons (Fsp3) is 0.522. The summed E-state index contributed by atoms with van der Waals surface area (Å²) in [6, 6.07) is 5.93. The van der Waals surface area contributed by atoms with Crippen LogP contribution in [0.25, 0.3) is 11.1 Å². The molecule has 5 heteroatoms. The van der Waals surface area contributed by atoms with Crippen LogP contribution in [0.1, 0.15) is 60.8 Å². The normalized spacial score (nSPS) is 16.9. The third-order valence-electron chi connectivity index (χ3n) is 6.21. The van der Waals surface area contributed by atoms with Crippen molar-refractivity contribution >= 4 is 5.91 Å². The number of ether oxygens (including phenoxy) is 2. The van der Waals surface area contributed by atoms with Gasteiger partial charge in [-0.1, -0.05) is 32.3 Å². The topological polar surface area (TPSA) is 66.5 Å². The van der Waals surface area contributed by atoms with E-state index < -0.39 is 0 Å². The minimum Gasteiger partial charge on any atom is -0.486 e. The van der Waals surface area contributed by atoms with Gasteiger partial charge in [-0.25, -0.2) is 0 Å². The standard InChI is InChI=1S/C23H30N2O3/c1-3-18-22(17-9-10-19-20(13-17)28-12-11-27-19)21(23(24)26)15(2)25(18)14-16-7-5-4-6-8-16/h9-10,13,16H,3-8,11-12,14H2,1-2H3,(H2,24,26). The first-order valence-electron chi connectivity index (χ1n) is 10.5. The van der Waals surface area contributed by atoms with Crippen LogP contribution in [0, 0.1) is 12.8 Å². The molecule has 2 N–H and O–H groups in total. The molecule has 1 amide bonds. The van der Waals surface area contributed by atoms with E-state index in [1.54, 1.807) is 0 Å². The molecular formula is C23H30N2O3. The van der Waals surface area contributed by atoms with Crippen molar-refractivity contribution in [1.29, 1.82) is 0 Å². The van der Waals surface area contributed by atoms with E-state index >= 15 is 0 Å². The fourth-order valence-corrected chi connectivity index (χ4v) is 4.85. The minimum atomic E-state index is -0.362. The number of hydrogen-bond donors (Lipinski definition) is 1. The van der Waals surface area contributed by atoms with Gasteiger partial charge in [-0.2, -0.15) is 0 Å². The van der Waals surface area contributed by atoms with Crippen LogP contribution < -0.4 is 15.2 Å². The van der Waals surface area contributed by atoms with E-state index in [0.717, 1.165) is 41.3 Å². The molecule has 2 aromatic rings. The highest BCUT2D eigenvalue weighted by Gasteiger charge is 2.26. The summed E-state index contributed by atoms with van der Waals surface area (Å²) in [6.45, 7) is 6.26. The van der Waals surface area contributed by atoms with Crippen LogP contribution >= 0.6 is 0 Å². The Morgan fingerprint density at radius 1 is 1.14 bits per heavy atom. The quantitative estimate of drug-likeness (QED) is 0.829. The smallest absolute Gasteiger partial charge is 0.251 e. The highest BCUT2D eigenvalue weighted by Crippen LogP contribution is 2.40. The number of fused-ring (bicyclic) bond motifs is 1. The SMILES string of the molecule is CCc1c(-c2ccc3c(c2)OCCO3)c(C(N)=O)c(C)n1CC1CCCCC1. The molecule has 1 aliphatic heterocycles. The van der Waals surface area contributed by atoms with Gasteiger partial charge >= 0.3 is 0 Å². The summed E-state index contributed by atoms with van der Waals surface area (Å²) in [7, 11) is 0. The Hall–Kier alpha value is -2.43. The number of benzene rings is 1. The van der Waals surface area contributed by atoms with Gasteiger partial charge in [0.15, 0.2) is 11.5 Å². The van der Waals surface area contributed by atoms with E-state index in [2.05, 4.69) is 11.5 Å². The van der Waals surface area contributed by atoms with Crippen molar-refractivity contribution in [1.82, 2.24) is 4.57 Å². The summed E-state index contributed by atoms with van der Waals surface area (Å²) in [5.41, 5.74) is 10.6. The van der Waals surface area contributed by atoms with E-state index in [0.29, 0.717) is 24.7 Å². The summed E-state index contributed by atoms with van der Waals surface area (Å²) >= 11 is 0. The molecule has 2 aliphatic rings. The fourth-order valence-electron chi connectivity index (χ4n) is 4.85. The maximum absolute atomic E-state index is 12.4. The van der Waals surface area contributed by atoms with Crippen molar-refractivity contribution in [2.75, 3.05) is 13.2 Å². The average molecular weight is 383 g/mol. The number of amides is 1. The predicted molar refractivity (Wildman–Crippen MR) is 110 cm³/mol. The van der Waals surface area contributed by atoms with Crippen LogP contribution in [0.3, 0.4) is 0 Å². The highest BCUT2D eigenvalue weighted by atomic mass is 16.6. The lowest BCUT2D eigenvalue weighted by Gasteiger charge is -2.24. The third-order valence-corrected chi connectivity index (χ3v) is 6.21. The molecule has 1 aromatic carbocycles. The Labute approximate surface area is 166 Å². The highest BCUT2D eigenvalue weighted by molar-refractivity contribution is 6.02. The molecule has 0 unspecified atom stereocenters. The lowest BCUT2D eigenvalue weighted by molar-refractivity contribution is 0.1000. The van der Waals surface area contributed by atoms with Crippen molar-refractivity contribution in [3.63, 3.8) is 0 Å². The van der Waals surface area contributed by atoms with Crippen LogP contribution in [-0.2, 0) is 13.0 Å². The number of aromatic nitrogens is 1. The molecular weight excluding hydrogens is 352 g/mol. The van der Waals surface area contributed by atoms with Crippen molar-refractivity contribution in [2.45, 2.75) is 58.9 Å². The lowest BCUT2D eigenvalue weighted by atomic mass is 9.89. The van der Waals surface area contributed by atoms with E-state index in [-0.39, 0.29) is 5.91 Å². The molecule has 5 nitrogen and oxygen atoms in total. The number of nitrogens with two attached hydrogens (primary N) is 1. The predicted octanol–water partition coefficient (Wildman–Crippen LogP) is 4.48. The Morgan fingerprint density at radius 2 is 1.86 bits per heavy atom. The maximum Gasteiger partial charge on any atom is 0.251 e. The second-order valence-electron chi connectivity index (χ2n) is 7.97. The largest absolute Gasteiger partial charge is 0.486 e. The summed E-state index contributed by atoms with van der Waals surface area (Å²) in [5, 5.41) is 0. The van der Waals surface area contributed by atoms with Gasteiger partial charge in [0.1, 0.15) is 13.2 Å². The number of carbonyl (C=O) groups is 1. The van der Waals surface area contributed by atoms with Crippen LogP contribution in [0.5, 0.6) is 11.5 Å². The second kappa shape index (κ2) is 7.90. The van der Waals surface area contributed by atoms with Crippen molar-refractivity contribution in [3.8, 4) is 22.6 Å². The summed E-state index contributed by atoms with van der Waals surface area (Å²) in [6.07, 6.45) is 7.35. The molecule has 0 atom stereocenters. The van der Waals surface area contributed by atoms with Gasteiger partial charge < -0.3 is 19.8 Å². The first-order chi connectivity index (χ1) is 13.6. The number of carbonyl (C=O) groups excluding carboxylic acids is 1. The van der Waals surface area contributed by atoms with E-state index in [1.165, 1.54) is 37.8 Å². The van der Waals surface area contributed by atoms with E-state index in [9.17, 15) is 4.79 Å². The number of hydrogen-bond acceptors (Lipinski definition) is 3. The summed E-state index contributed by atoms with van der Waals surface area (Å²) in [5.74, 6) is 1.81. The van der Waals surface area contributed by atoms with Crippen molar-refractivity contribution < 1.29 is 14.3 Å². The molecule has 4 rings (SSSR count). The summed E-state index contributed by atoms with van der Waals surface area (Å²) in [4.78, 5) is 12.4.